The van der Waals surface area contributed by atoms with Crippen molar-refractivity contribution in [2.24, 2.45) is 11.8 Å². The van der Waals surface area contributed by atoms with Crippen molar-refractivity contribution < 1.29 is 4.74 Å². The summed E-state index contributed by atoms with van der Waals surface area (Å²) < 4.78 is 5.89. The minimum Gasteiger partial charge on any atom is -0.494 e. The molecule has 0 bridgehead atoms. The van der Waals surface area contributed by atoms with Crippen LogP contribution in [0, 0.1) is 23.2 Å². The molecule has 2 aliphatic heterocycles. The summed E-state index contributed by atoms with van der Waals surface area (Å²) in [4.78, 5) is 2.62. The summed E-state index contributed by atoms with van der Waals surface area (Å²) in [6.45, 7) is 9.99. The van der Waals surface area contributed by atoms with Crippen molar-refractivity contribution in [3.8, 4) is 11.8 Å². The van der Waals surface area contributed by atoms with Crippen LogP contribution < -0.4 is 10.1 Å². The van der Waals surface area contributed by atoms with E-state index in [1.807, 2.05) is 24.3 Å². The van der Waals surface area contributed by atoms with E-state index in [2.05, 4.69) is 54.4 Å². The number of hydrogen-bond acceptors (Lipinski definition) is 4. The fourth-order valence-electron chi connectivity index (χ4n) is 6.19. The van der Waals surface area contributed by atoms with Gasteiger partial charge in [-0.2, -0.15) is 5.26 Å². The van der Waals surface area contributed by atoms with Crippen molar-refractivity contribution in [3.63, 3.8) is 0 Å². The first-order valence-electron chi connectivity index (χ1n) is 13.4. The van der Waals surface area contributed by atoms with Crippen LogP contribution in [0.3, 0.4) is 0 Å². The molecule has 182 valence electrons. The molecule has 0 radical (unpaired) electrons. The van der Waals surface area contributed by atoms with Crippen LogP contribution in [0.15, 0.2) is 48.5 Å². The first kappa shape index (κ1) is 24.8. The van der Waals surface area contributed by atoms with E-state index in [0.717, 1.165) is 44.2 Å². The number of likely N-dealkylation sites (tertiary alicyclic amines) is 1. The maximum atomic E-state index is 8.92. The molecule has 1 unspecified atom stereocenters. The van der Waals surface area contributed by atoms with Gasteiger partial charge in [0.1, 0.15) is 5.75 Å². The molecular formula is C30H41N3O. The Labute approximate surface area is 206 Å². The highest BCUT2D eigenvalue weighted by atomic mass is 16.5. The quantitative estimate of drug-likeness (QED) is 0.449. The van der Waals surface area contributed by atoms with Crippen LogP contribution in [0.4, 0.5) is 0 Å². The van der Waals surface area contributed by atoms with Crippen LogP contribution in [0.25, 0.3) is 0 Å². The highest BCUT2D eigenvalue weighted by molar-refractivity contribution is 5.37. The fourth-order valence-corrected chi connectivity index (χ4v) is 6.19. The lowest BCUT2D eigenvalue weighted by molar-refractivity contribution is 0.0761. The third kappa shape index (κ3) is 5.65. The Kier molecular flexibility index (Phi) is 8.64. The molecule has 0 aliphatic carbocycles. The van der Waals surface area contributed by atoms with Gasteiger partial charge in [-0.15, -0.1) is 0 Å². The predicted molar refractivity (Wildman–Crippen MR) is 139 cm³/mol. The number of rotatable bonds is 10. The van der Waals surface area contributed by atoms with Gasteiger partial charge in [0, 0.05) is 18.6 Å². The Morgan fingerprint density at radius 3 is 2.53 bits per heavy atom. The third-order valence-electron chi connectivity index (χ3n) is 8.25. The molecule has 1 saturated heterocycles. The molecule has 1 N–H and O–H groups in total. The lowest BCUT2D eigenvalue weighted by Gasteiger charge is -2.50. The van der Waals surface area contributed by atoms with Gasteiger partial charge in [-0.25, -0.2) is 0 Å². The third-order valence-corrected chi connectivity index (χ3v) is 8.25. The van der Waals surface area contributed by atoms with Gasteiger partial charge in [0.05, 0.1) is 18.2 Å². The number of fused-ring (bicyclic) bond motifs is 1. The zero-order valence-electron chi connectivity index (χ0n) is 21.1. The summed E-state index contributed by atoms with van der Waals surface area (Å²) in [5, 5.41) is 13.0. The number of benzene rings is 2. The van der Waals surface area contributed by atoms with Gasteiger partial charge in [-0.1, -0.05) is 51.0 Å². The molecule has 1 atom stereocenters. The smallest absolute Gasteiger partial charge is 0.119 e. The van der Waals surface area contributed by atoms with Gasteiger partial charge in [-0.05, 0) is 92.4 Å². The van der Waals surface area contributed by atoms with Crippen molar-refractivity contribution in [1.82, 2.24) is 10.2 Å². The molecule has 2 aliphatic rings. The molecule has 34 heavy (non-hydrogen) atoms. The van der Waals surface area contributed by atoms with Crippen LogP contribution in [0.5, 0.6) is 5.75 Å². The van der Waals surface area contributed by atoms with E-state index < -0.39 is 0 Å². The summed E-state index contributed by atoms with van der Waals surface area (Å²) in [6.07, 6.45) is 8.50. The lowest BCUT2D eigenvalue weighted by atomic mass is 9.65. The maximum Gasteiger partial charge on any atom is 0.119 e. The van der Waals surface area contributed by atoms with Crippen LogP contribution in [-0.2, 0) is 12.0 Å². The van der Waals surface area contributed by atoms with Crippen molar-refractivity contribution in [3.05, 3.63) is 65.2 Å². The van der Waals surface area contributed by atoms with Crippen molar-refractivity contribution in [2.75, 3.05) is 32.8 Å². The van der Waals surface area contributed by atoms with Gasteiger partial charge in [0.25, 0.3) is 0 Å². The SMILES string of the molecule is CCC(CC)CC1(C2CCN(CCCOc3ccc(C#N)cc3)CC2)NCCc2ccccc21. The van der Waals surface area contributed by atoms with E-state index in [1.165, 1.54) is 45.2 Å². The van der Waals surface area contributed by atoms with Gasteiger partial charge >= 0.3 is 0 Å². The van der Waals surface area contributed by atoms with Crippen LogP contribution in [-0.4, -0.2) is 37.7 Å². The molecule has 4 heteroatoms. The van der Waals surface area contributed by atoms with E-state index in [4.69, 9.17) is 10.00 Å². The average molecular weight is 460 g/mol. The molecule has 0 spiro atoms. The van der Waals surface area contributed by atoms with Crippen molar-refractivity contribution in [1.29, 1.82) is 5.26 Å². The van der Waals surface area contributed by atoms with Gasteiger partial charge in [0.15, 0.2) is 0 Å². The van der Waals surface area contributed by atoms with Gasteiger partial charge in [-0.3, -0.25) is 0 Å². The van der Waals surface area contributed by atoms with E-state index >= 15 is 0 Å². The zero-order chi connectivity index (χ0) is 23.8. The lowest BCUT2D eigenvalue weighted by Crippen LogP contribution is -2.56. The second-order valence-electron chi connectivity index (χ2n) is 10.1. The van der Waals surface area contributed by atoms with E-state index in [9.17, 15) is 0 Å². The van der Waals surface area contributed by atoms with Crippen molar-refractivity contribution >= 4 is 0 Å². The minimum atomic E-state index is 0.135. The molecule has 4 nitrogen and oxygen atoms in total. The standard InChI is InChI=1S/C30H41N3O/c1-3-24(4-2)22-30(29-9-6-5-8-26(29)14-17-32-30)27-15-19-33(20-16-27)18-7-21-34-28-12-10-25(23-31)11-13-28/h5-6,8-13,24,27,32H,3-4,7,14-22H2,1-2H3. The topological polar surface area (TPSA) is 48.3 Å². The first-order chi connectivity index (χ1) is 16.7. The highest BCUT2D eigenvalue weighted by Crippen LogP contribution is 2.45. The Hall–Kier alpha value is -2.35. The minimum absolute atomic E-state index is 0.135. The normalized spacial score (nSPS) is 21.2. The molecule has 2 heterocycles. The molecule has 0 saturated carbocycles. The summed E-state index contributed by atoms with van der Waals surface area (Å²) in [7, 11) is 0. The van der Waals surface area contributed by atoms with Gasteiger partial charge in [0.2, 0.25) is 0 Å². The first-order valence-corrected chi connectivity index (χ1v) is 13.4. The summed E-state index contributed by atoms with van der Waals surface area (Å²) in [5.41, 5.74) is 3.96. The number of hydrogen-bond donors (Lipinski definition) is 1. The van der Waals surface area contributed by atoms with E-state index in [0.29, 0.717) is 11.5 Å². The maximum absolute atomic E-state index is 8.92. The highest BCUT2D eigenvalue weighted by Gasteiger charge is 2.44. The summed E-state index contributed by atoms with van der Waals surface area (Å²) in [5.74, 6) is 2.32. The fraction of sp³-hybridized carbons (Fsp3) is 0.567. The van der Waals surface area contributed by atoms with Crippen LogP contribution in [0.2, 0.25) is 0 Å². The predicted octanol–water partition coefficient (Wildman–Crippen LogP) is 5.91. The molecule has 4 rings (SSSR count). The second-order valence-corrected chi connectivity index (χ2v) is 10.1. The van der Waals surface area contributed by atoms with Crippen LogP contribution in [0.1, 0.15) is 69.1 Å². The van der Waals surface area contributed by atoms with E-state index in [1.54, 1.807) is 11.1 Å². The Morgan fingerprint density at radius 2 is 1.82 bits per heavy atom. The number of nitrogens with zero attached hydrogens (tertiary/aromatic N) is 2. The summed E-state index contributed by atoms with van der Waals surface area (Å²) >= 11 is 0. The second kappa shape index (κ2) is 11.9. The Bertz CT molecular complexity index is 938. The summed E-state index contributed by atoms with van der Waals surface area (Å²) in [6, 6.07) is 18.8. The van der Waals surface area contributed by atoms with Crippen LogP contribution >= 0.6 is 0 Å². The average Bonchev–Trinajstić information content (AvgIpc) is 2.90. The van der Waals surface area contributed by atoms with Crippen molar-refractivity contribution in [2.45, 2.75) is 64.3 Å². The molecule has 2 aromatic rings. The molecule has 0 aromatic heterocycles. The monoisotopic (exact) mass is 459 g/mol. The number of nitrogens with one attached hydrogen (secondary N) is 1. The van der Waals surface area contributed by atoms with E-state index in [-0.39, 0.29) is 5.54 Å². The molecule has 0 amide bonds. The number of ether oxygens (including phenoxy) is 1. The largest absolute Gasteiger partial charge is 0.494 e. The zero-order valence-corrected chi connectivity index (χ0v) is 21.1. The molecular weight excluding hydrogens is 418 g/mol. The number of piperidine rings is 1. The molecule has 2 aromatic carbocycles. The molecule has 1 fully saturated rings. The van der Waals surface area contributed by atoms with Gasteiger partial charge < -0.3 is 15.0 Å². The Morgan fingerprint density at radius 1 is 1.09 bits per heavy atom. The number of nitriles is 1. The Balaban J connectivity index is 1.34.